The second-order valence-electron chi connectivity index (χ2n) is 2.63. The van der Waals surface area contributed by atoms with Gasteiger partial charge in [0.1, 0.15) is 0 Å². The number of unbranched alkanes of at least 4 members (excludes halogenated alkanes) is 1. The Morgan fingerprint density at radius 1 is 1.62 bits per heavy atom. The third-order valence-corrected chi connectivity index (χ3v) is 1.68. The number of carbonyl (C=O) groups is 2. The summed E-state index contributed by atoms with van der Waals surface area (Å²) >= 11 is 0. The highest BCUT2D eigenvalue weighted by atomic mass is 16.5. The van der Waals surface area contributed by atoms with Crippen molar-refractivity contribution >= 4 is 11.9 Å². The van der Waals surface area contributed by atoms with Crippen molar-refractivity contribution in [2.45, 2.75) is 19.3 Å². The van der Waals surface area contributed by atoms with Crippen LogP contribution in [0.5, 0.6) is 0 Å². The highest BCUT2D eigenvalue weighted by molar-refractivity contribution is 5.93. The average Bonchev–Trinajstić information content (AvgIpc) is 2.11. The molecule has 1 atom stereocenters. The minimum Gasteiger partial charge on any atom is -0.481 e. The van der Waals surface area contributed by atoms with Crippen LogP contribution in [-0.2, 0) is 14.3 Å². The van der Waals surface area contributed by atoms with E-state index in [1.165, 1.54) is 7.11 Å². The summed E-state index contributed by atoms with van der Waals surface area (Å²) in [7, 11) is 1.19. The number of carboxylic acids is 1. The van der Waals surface area contributed by atoms with E-state index in [1.54, 1.807) is 6.08 Å². The van der Waals surface area contributed by atoms with Crippen LogP contribution in [0.4, 0.5) is 0 Å². The number of rotatable bonds is 6. The number of carboxylic acid groups (broad SMARTS) is 1. The van der Waals surface area contributed by atoms with Crippen LogP contribution in [0.3, 0.4) is 0 Å². The van der Waals surface area contributed by atoms with Crippen LogP contribution < -0.4 is 0 Å². The standard InChI is InChI=1S/C9H14O4/c1-3-4-5-6-7(8(10)11)9(12)13-2/h3,7H,1,4-6H2,2H3,(H,10,11). The van der Waals surface area contributed by atoms with Crippen LogP contribution in [0.1, 0.15) is 19.3 Å². The van der Waals surface area contributed by atoms with Gasteiger partial charge in [0.2, 0.25) is 0 Å². The maximum atomic E-state index is 10.9. The number of allylic oxidation sites excluding steroid dienone is 1. The molecule has 0 fully saturated rings. The molecule has 4 nitrogen and oxygen atoms in total. The van der Waals surface area contributed by atoms with E-state index in [1.807, 2.05) is 0 Å². The van der Waals surface area contributed by atoms with Crippen molar-refractivity contribution in [1.82, 2.24) is 0 Å². The molecule has 0 amide bonds. The van der Waals surface area contributed by atoms with Gasteiger partial charge in [0.15, 0.2) is 5.92 Å². The number of esters is 1. The van der Waals surface area contributed by atoms with Gasteiger partial charge in [0.25, 0.3) is 0 Å². The summed E-state index contributed by atoms with van der Waals surface area (Å²) in [4.78, 5) is 21.5. The van der Waals surface area contributed by atoms with Crippen molar-refractivity contribution in [3.8, 4) is 0 Å². The molecule has 0 aromatic carbocycles. The summed E-state index contributed by atoms with van der Waals surface area (Å²) in [5, 5.41) is 8.65. The molecule has 0 aliphatic rings. The van der Waals surface area contributed by atoms with Gasteiger partial charge in [-0.1, -0.05) is 6.08 Å². The molecule has 0 aromatic heterocycles. The van der Waals surface area contributed by atoms with Gasteiger partial charge in [0, 0.05) is 0 Å². The van der Waals surface area contributed by atoms with E-state index in [0.717, 1.165) is 0 Å². The second kappa shape index (κ2) is 6.22. The lowest BCUT2D eigenvalue weighted by molar-refractivity contribution is -0.157. The quantitative estimate of drug-likeness (QED) is 0.293. The SMILES string of the molecule is C=CCCCC(C(=O)O)C(=O)OC. The van der Waals surface area contributed by atoms with Gasteiger partial charge in [-0.15, -0.1) is 6.58 Å². The molecule has 1 unspecified atom stereocenters. The van der Waals surface area contributed by atoms with Gasteiger partial charge in [0.05, 0.1) is 7.11 Å². The zero-order valence-electron chi connectivity index (χ0n) is 7.66. The van der Waals surface area contributed by atoms with Crippen molar-refractivity contribution in [1.29, 1.82) is 0 Å². The molecule has 0 rings (SSSR count). The first kappa shape index (κ1) is 11.7. The average molecular weight is 186 g/mol. The molecule has 74 valence electrons. The first-order chi connectivity index (χ1) is 6.13. The van der Waals surface area contributed by atoms with Gasteiger partial charge in [-0.2, -0.15) is 0 Å². The lowest BCUT2D eigenvalue weighted by Crippen LogP contribution is -2.24. The third-order valence-electron chi connectivity index (χ3n) is 1.68. The van der Waals surface area contributed by atoms with Crippen molar-refractivity contribution in [3.05, 3.63) is 12.7 Å². The molecule has 0 bridgehead atoms. The summed E-state index contributed by atoms with van der Waals surface area (Å²) < 4.78 is 4.36. The molecule has 0 aromatic rings. The summed E-state index contributed by atoms with van der Waals surface area (Å²) in [5.41, 5.74) is 0. The van der Waals surface area contributed by atoms with Crippen molar-refractivity contribution in [2.75, 3.05) is 7.11 Å². The fourth-order valence-corrected chi connectivity index (χ4v) is 0.951. The zero-order chi connectivity index (χ0) is 10.3. The summed E-state index contributed by atoms with van der Waals surface area (Å²) in [6.07, 6.45) is 3.33. The molecule has 0 heterocycles. The van der Waals surface area contributed by atoms with E-state index in [9.17, 15) is 9.59 Å². The summed E-state index contributed by atoms with van der Waals surface area (Å²) in [6.45, 7) is 3.50. The fourth-order valence-electron chi connectivity index (χ4n) is 0.951. The van der Waals surface area contributed by atoms with E-state index < -0.39 is 17.9 Å². The zero-order valence-corrected chi connectivity index (χ0v) is 7.66. The Morgan fingerprint density at radius 2 is 2.23 bits per heavy atom. The molecular weight excluding hydrogens is 172 g/mol. The minimum atomic E-state index is -1.13. The second-order valence-corrected chi connectivity index (χ2v) is 2.63. The number of methoxy groups -OCH3 is 1. The molecular formula is C9H14O4. The van der Waals surface area contributed by atoms with E-state index in [0.29, 0.717) is 19.3 Å². The smallest absolute Gasteiger partial charge is 0.320 e. The summed E-state index contributed by atoms with van der Waals surface area (Å²) in [6, 6.07) is 0. The van der Waals surface area contributed by atoms with Crippen molar-refractivity contribution in [2.24, 2.45) is 5.92 Å². The van der Waals surface area contributed by atoms with E-state index in [4.69, 9.17) is 5.11 Å². The van der Waals surface area contributed by atoms with E-state index in [2.05, 4.69) is 11.3 Å². The van der Waals surface area contributed by atoms with Crippen LogP contribution in [0.15, 0.2) is 12.7 Å². The molecule has 0 saturated heterocycles. The lowest BCUT2D eigenvalue weighted by Gasteiger charge is -2.08. The molecule has 13 heavy (non-hydrogen) atoms. The molecule has 4 heteroatoms. The Balaban J connectivity index is 4.02. The number of ether oxygens (including phenoxy) is 1. The van der Waals surface area contributed by atoms with Crippen LogP contribution >= 0.6 is 0 Å². The summed E-state index contributed by atoms with van der Waals surface area (Å²) in [5.74, 6) is -2.85. The normalized spacial score (nSPS) is 11.8. The largest absolute Gasteiger partial charge is 0.481 e. The van der Waals surface area contributed by atoms with Gasteiger partial charge >= 0.3 is 11.9 Å². The maximum absolute atomic E-state index is 10.9. The lowest BCUT2D eigenvalue weighted by atomic mass is 10.0. The Bertz CT molecular complexity index is 198. The van der Waals surface area contributed by atoms with Crippen molar-refractivity contribution in [3.63, 3.8) is 0 Å². The predicted molar refractivity (Wildman–Crippen MR) is 47.2 cm³/mol. The number of carbonyl (C=O) groups excluding carboxylic acids is 1. The maximum Gasteiger partial charge on any atom is 0.320 e. The Kier molecular flexibility index (Phi) is 5.59. The monoisotopic (exact) mass is 186 g/mol. The van der Waals surface area contributed by atoms with Gasteiger partial charge < -0.3 is 9.84 Å². The van der Waals surface area contributed by atoms with Crippen LogP contribution in [0.2, 0.25) is 0 Å². The Morgan fingerprint density at radius 3 is 2.62 bits per heavy atom. The fraction of sp³-hybridized carbons (Fsp3) is 0.556. The van der Waals surface area contributed by atoms with Gasteiger partial charge in [-0.05, 0) is 19.3 Å². The first-order valence-electron chi connectivity index (χ1n) is 4.05. The predicted octanol–water partition coefficient (Wildman–Crippen LogP) is 1.22. The molecule has 0 aliphatic carbocycles. The highest BCUT2D eigenvalue weighted by Gasteiger charge is 2.25. The van der Waals surface area contributed by atoms with Crippen LogP contribution in [-0.4, -0.2) is 24.2 Å². The molecule has 0 saturated carbocycles. The molecule has 0 aliphatic heterocycles. The molecule has 0 radical (unpaired) electrons. The number of hydrogen-bond donors (Lipinski definition) is 1. The Labute approximate surface area is 77.2 Å². The first-order valence-corrected chi connectivity index (χ1v) is 4.05. The Hall–Kier alpha value is -1.32. The van der Waals surface area contributed by atoms with Crippen LogP contribution in [0, 0.1) is 5.92 Å². The van der Waals surface area contributed by atoms with Gasteiger partial charge in [-0.3, -0.25) is 9.59 Å². The molecule has 0 spiro atoms. The van der Waals surface area contributed by atoms with Crippen LogP contribution in [0.25, 0.3) is 0 Å². The van der Waals surface area contributed by atoms with Gasteiger partial charge in [-0.25, -0.2) is 0 Å². The number of hydrogen-bond acceptors (Lipinski definition) is 3. The minimum absolute atomic E-state index is 0.300. The number of aliphatic carboxylic acids is 1. The topological polar surface area (TPSA) is 63.6 Å². The molecule has 1 N–H and O–H groups in total. The van der Waals surface area contributed by atoms with E-state index in [-0.39, 0.29) is 0 Å². The third kappa shape index (κ3) is 4.30. The highest BCUT2D eigenvalue weighted by Crippen LogP contribution is 2.10. The van der Waals surface area contributed by atoms with E-state index >= 15 is 0 Å². The van der Waals surface area contributed by atoms with Crippen molar-refractivity contribution < 1.29 is 19.4 Å².